The highest BCUT2D eigenvalue weighted by Gasteiger charge is 2.19. The minimum Gasteiger partial charge on any atom is -0.486 e. The van der Waals surface area contributed by atoms with Crippen LogP contribution in [0.4, 0.5) is 11.4 Å². The summed E-state index contributed by atoms with van der Waals surface area (Å²) in [7, 11) is -3.75. The van der Waals surface area contributed by atoms with Crippen LogP contribution < -0.4 is 19.5 Å². The number of rotatable bonds is 6. The number of anilines is 2. The first-order chi connectivity index (χ1) is 15.8. The quantitative estimate of drug-likeness (QED) is 0.486. The van der Waals surface area contributed by atoms with Gasteiger partial charge in [-0.2, -0.15) is 0 Å². The second-order valence-corrected chi connectivity index (χ2v) is 10.1. The lowest BCUT2D eigenvalue weighted by molar-refractivity contribution is 0.102. The maximum atomic E-state index is 12.8. The SMILES string of the molecule is CSc1cc2c(cc1NC(=O)c1ccc(NS(=O)(=O)c3cc(C)ccc3C)cc1)OCCO2. The zero-order valence-corrected chi connectivity index (χ0v) is 20.1. The fourth-order valence-corrected chi connectivity index (χ4v) is 5.37. The van der Waals surface area contributed by atoms with Crippen LogP contribution in [0.5, 0.6) is 11.5 Å². The van der Waals surface area contributed by atoms with Crippen LogP contribution in [0.25, 0.3) is 0 Å². The van der Waals surface area contributed by atoms with Crippen molar-refractivity contribution in [3.63, 3.8) is 0 Å². The van der Waals surface area contributed by atoms with E-state index in [0.717, 1.165) is 10.5 Å². The monoisotopic (exact) mass is 484 g/mol. The molecule has 2 N–H and O–H groups in total. The molecule has 0 fully saturated rings. The number of hydrogen-bond acceptors (Lipinski definition) is 6. The van der Waals surface area contributed by atoms with Gasteiger partial charge >= 0.3 is 0 Å². The summed E-state index contributed by atoms with van der Waals surface area (Å²) in [5.41, 5.74) is 2.91. The molecule has 0 bridgehead atoms. The van der Waals surface area contributed by atoms with Gasteiger partial charge in [0.15, 0.2) is 11.5 Å². The summed E-state index contributed by atoms with van der Waals surface area (Å²) in [6.45, 7) is 4.54. The number of nitrogens with one attached hydrogen (secondary N) is 2. The van der Waals surface area contributed by atoms with Crippen molar-refractivity contribution >= 4 is 39.1 Å². The number of carbonyl (C=O) groups excluding carboxylic acids is 1. The first-order valence-electron chi connectivity index (χ1n) is 10.3. The van der Waals surface area contributed by atoms with Crippen LogP contribution in [0.2, 0.25) is 0 Å². The fraction of sp³-hybridized carbons (Fsp3) is 0.208. The molecular formula is C24H24N2O5S2. The van der Waals surface area contributed by atoms with Crippen molar-refractivity contribution < 1.29 is 22.7 Å². The van der Waals surface area contributed by atoms with Crippen LogP contribution in [0.15, 0.2) is 64.4 Å². The first-order valence-corrected chi connectivity index (χ1v) is 13.0. The van der Waals surface area contributed by atoms with Gasteiger partial charge < -0.3 is 14.8 Å². The van der Waals surface area contributed by atoms with Crippen LogP contribution in [0, 0.1) is 13.8 Å². The number of fused-ring (bicyclic) bond motifs is 1. The molecule has 0 saturated carbocycles. The van der Waals surface area contributed by atoms with E-state index in [1.54, 1.807) is 49.4 Å². The number of benzene rings is 3. The summed E-state index contributed by atoms with van der Waals surface area (Å²) in [5, 5.41) is 2.90. The summed E-state index contributed by atoms with van der Waals surface area (Å²) in [4.78, 5) is 13.9. The Labute approximate surface area is 197 Å². The van der Waals surface area contributed by atoms with E-state index in [9.17, 15) is 13.2 Å². The molecule has 3 aromatic carbocycles. The number of thioether (sulfide) groups is 1. The third-order valence-electron chi connectivity index (χ3n) is 5.14. The molecule has 3 aromatic rings. The topological polar surface area (TPSA) is 93.7 Å². The predicted molar refractivity (Wildman–Crippen MR) is 130 cm³/mol. The van der Waals surface area contributed by atoms with Crippen molar-refractivity contribution in [1.82, 2.24) is 0 Å². The molecule has 7 nitrogen and oxygen atoms in total. The van der Waals surface area contributed by atoms with Gasteiger partial charge in [-0.05, 0) is 67.6 Å². The van der Waals surface area contributed by atoms with E-state index >= 15 is 0 Å². The molecule has 0 aliphatic carbocycles. The van der Waals surface area contributed by atoms with Gasteiger partial charge in [0, 0.05) is 22.2 Å². The third-order valence-corrected chi connectivity index (χ3v) is 7.45. The number of hydrogen-bond donors (Lipinski definition) is 2. The Bertz CT molecular complexity index is 1310. The fourth-order valence-electron chi connectivity index (χ4n) is 3.43. The van der Waals surface area contributed by atoms with Gasteiger partial charge in [-0.3, -0.25) is 9.52 Å². The largest absolute Gasteiger partial charge is 0.486 e. The van der Waals surface area contributed by atoms with Crippen molar-refractivity contribution in [3.8, 4) is 11.5 Å². The van der Waals surface area contributed by atoms with Crippen LogP contribution in [0.3, 0.4) is 0 Å². The Balaban J connectivity index is 1.50. The van der Waals surface area contributed by atoms with Crippen molar-refractivity contribution in [3.05, 3.63) is 71.3 Å². The molecule has 0 unspecified atom stereocenters. The van der Waals surface area contributed by atoms with Crippen LogP contribution in [-0.2, 0) is 10.0 Å². The van der Waals surface area contributed by atoms with E-state index in [1.807, 2.05) is 25.3 Å². The van der Waals surface area contributed by atoms with E-state index in [1.165, 1.54) is 11.8 Å². The number of ether oxygens (including phenoxy) is 2. The van der Waals surface area contributed by atoms with Gasteiger partial charge in [0.2, 0.25) is 0 Å². The van der Waals surface area contributed by atoms with Crippen LogP contribution in [0.1, 0.15) is 21.5 Å². The van der Waals surface area contributed by atoms with Gasteiger partial charge in [-0.15, -0.1) is 11.8 Å². The lowest BCUT2D eigenvalue weighted by Gasteiger charge is -2.21. The lowest BCUT2D eigenvalue weighted by atomic mass is 10.2. The molecular weight excluding hydrogens is 460 g/mol. The molecule has 9 heteroatoms. The molecule has 172 valence electrons. The minimum atomic E-state index is -3.75. The molecule has 1 heterocycles. The average molecular weight is 485 g/mol. The summed E-state index contributed by atoms with van der Waals surface area (Å²) < 4.78 is 39.4. The van der Waals surface area contributed by atoms with Gasteiger partial charge in [-0.25, -0.2) is 8.42 Å². The molecule has 1 amide bonds. The van der Waals surface area contributed by atoms with Gasteiger partial charge in [0.25, 0.3) is 15.9 Å². The van der Waals surface area contributed by atoms with Crippen molar-refractivity contribution in [2.45, 2.75) is 23.6 Å². The zero-order valence-electron chi connectivity index (χ0n) is 18.5. The molecule has 0 spiro atoms. The smallest absolute Gasteiger partial charge is 0.262 e. The van der Waals surface area contributed by atoms with E-state index in [2.05, 4.69) is 10.0 Å². The molecule has 0 saturated heterocycles. The highest BCUT2D eigenvalue weighted by atomic mass is 32.2. The summed E-state index contributed by atoms with van der Waals surface area (Å²) in [6, 6.07) is 15.2. The predicted octanol–water partition coefficient (Wildman–Crippen LogP) is 4.85. The maximum Gasteiger partial charge on any atom is 0.262 e. The van der Waals surface area contributed by atoms with E-state index < -0.39 is 10.0 Å². The number of carbonyl (C=O) groups is 1. The summed E-state index contributed by atoms with van der Waals surface area (Å²) in [5.74, 6) is 0.931. The second-order valence-electron chi connectivity index (χ2n) is 7.60. The molecule has 0 aromatic heterocycles. The zero-order chi connectivity index (χ0) is 23.6. The Morgan fingerprint density at radius 2 is 1.61 bits per heavy atom. The molecule has 33 heavy (non-hydrogen) atoms. The Morgan fingerprint density at radius 3 is 2.27 bits per heavy atom. The van der Waals surface area contributed by atoms with Gasteiger partial charge in [-0.1, -0.05) is 12.1 Å². The Morgan fingerprint density at radius 1 is 0.939 bits per heavy atom. The summed E-state index contributed by atoms with van der Waals surface area (Å²) >= 11 is 1.49. The highest BCUT2D eigenvalue weighted by molar-refractivity contribution is 7.98. The van der Waals surface area contributed by atoms with Crippen LogP contribution >= 0.6 is 11.8 Å². The molecule has 0 radical (unpaired) electrons. The maximum absolute atomic E-state index is 12.8. The standard InChI is InChI=1S/C24H24N2O5S2/c1-15-4-5-16(2)23(12-15)33(28,29)26-18-8-6-17(7-9-18)24(27)25-19-13-20-21(14-22(19)32-3)31-11-10-30-20/h4-9,12-14,26H,10-11H2,1-3H3,(H,25,27). The number of amides is 1. The number of sulfonamides is 1. The molecule has 0 atom stereocenters. The van der Waals surface area contributed by atoms with E-state index in [4.69, 9.17) is 9.47 Å². The molecule has 1 aliphatic heterocycles. The highest BCUT2D eigenvalue weighted by Crippen LogP contribution is 2.39. The van der Waals surface area contributed by atoms with Crippen molar-refractivity contribution in [2.24, 2.45) is 0 Å². The Kier molecular flexibility index (Phi) is 6.53. The minimum absolute atomic E-state index is 0.229. The first kappa shape index (κ1) is 23.0. The number of aryl methyl sites for hydroxylation is 2. The summed E-state index contributed by atoms with van der Waals surface area (Å²) in [6.07, 6.45) is 1.91. The average Bonchev–Trinajstić information content (AvgIpc) is 2.80. The van der Waals surface area contributed by atoms with Gasteiger partial charge in [0.1, 0.15) is 13.2 Å². The lowest BCUT2D eigenvalue weighted by Crippen LogP contribution is -2.17. The van der Waals surface area contributed by atoms with Gasteiger partial charge in [0.05, 0.1) is 10.6 Å². The van der Waals surface area contributed by atoms with Crippen molar-refractivity contribution in [1.29, 1.82) is 0 Å². The third kappa shape index (κ3) is 5.09. The Hall–Kier alpha value is -3.17. The van der Waals surface area contributed by atoms with E-state index in [0.29, 0.717) is 47.2 Å². The molecule has 1 aliphatic rings. The normalized spacial score (nSPS) is 12.8. The second kappa shape index (κ2) is 9.36. The van der Waals surface area contributed by atoms with Crippen LogP contribution in [-0.4, -0.2) is 33.8 Å². The van der Waals surface area contributed by atoms with E-state index in [-0.39, 0.29) is 10.8 Å². The molecule has 4 rings (SSSR count). The van der Waals surface area contributed by atoms with Crippen molar-refractivity contribution in [2.75, 3.05) is 29.5 Å².